The van der Waals surface area contributed by atoms with E-state index >= 15 is 0 Å². The first-order valence-electron chi connectivity index (χ1n) is 15.7. The standard InChI is InChI=1S/C42H28N4O/c1-25-31(21-22-43)39-35(15-8-16-37(39)47-25)41-44-40(30-18-17-26-9-2-3-11-28(26)23-30)45-42(46-41)36-24-29-12-5-6-13-32(29)34-20-19-27-10-4-7-14-33(27)38(34)36/h2-24H,43H2,1H3/b22-21-. The molecule has 2 heterocycles. The SMILES string of the molecule is Cc1oc2cccc(-c3nc(-c4ccc5ccccc5c4)nc(-c4cc5ccccc5c5ccc6ccccc6c45)n3)c2c1/C=C\N. The molecule has 0 atom stereocenters. The first kappa shape index (κ1) is 27.0. The molecule has 47 heavy (non-hydrogen) atoms. The van der Waals surface area contributed by atoms with Crippen molar-refractivity contribution in [1.29, 1.82) is 0 Å². The lowest BCUT2D eigenvalue weighted by Crippen LogP contribution is -2.01. The van der Waals surface area contributed by atoms with Gasteiger partial charge in [0.25, 0.3) is 0 Å². The molecule has 0 aliphatic carbocycles. The number of hydrogen-bond donors (Lipinski definition) is 1. The maximum atomic E-state index is 6.17. The Bertz CT molecular complexity index is 2720. The van der Waals surface area contributed by atoms with E-state index < -0.39 is 0 Å². The van der Waals surface area contributed by atoms with Crippen LogP contribution in [0, 0.1) is 6.92 Å². The molecule has 0 bridgehead atoms. The third-order valence-electron chi connectivity index (χ3n) is 9.07. The summed E-state index contributed by atoms with van der Waals surface area (Å²) in [6.07, 6.45) is 3.42. The molecule has 5 nitrogen and oxygen atoms in total. The van der Waals surface area contributed by atoms with Gasteiger partial charge >= 0.3 is 0 Å². The molecule has 0 aliphatic rings. The van der Waals surface area contributed by atoms with Crippen molar-refractivity contribution in [2.75, 3.05) is 0 Å². The molecule has 2 aromatic heterocycles. The predicted molar refractivity (Wildman–Crippen MR) is 194 cm³/mol. The molecule has 2 N–H and O–H groups in total. The molecule has 0 unspecified atom stereocenters. The summed E-state index contributed by atoms with van der Waals surface area (Å²) in [5.41, 5.74) is 10.3. The average molecular weight is 605 g/mol. The second kappa shape index (κ2) is 10.6. The Morgan fingerprint density at radius 1 is 0.532 bits per heavy atom. The van der Waals surface area contributed by atoms with Crippen LogP contribution >= 0.6 is 0 Å². The summed E-state index contributed by atoms with van der Waals surface area (Å²) in [6, 6.07) is 44.3. The highest BCUT2D eigenvalue weighted by molar-refractivity contribution is 6.22. The van der Waals surface area contributed by atoms with Crippen LogP contribution in [0.3, 0.4) is 0 Å². The number of nitrogens with two attached hydrogens (primary N) is 1. The summed E-state index contributed by atoms with van der Waals surface area (Å²) in [5.74, 6) is 2.56. The molecule has 0 amide bonds. The number of nitrogens with zero attached hydrogens (tertiary/aromatic N) is 3. The molecule has 9 aromatic rings. The van der Waals surface area contributed by atoms with Gasteiger partial charge in [-0.05, 0) is 75.1 Å². The van der Waals surface area contributed by atoms with E-state index in [0.717, 1.165) is 76.7 Å². The van der Waals surface area contributed by atoms with Crippen LogP contribution in [0.15, 0.2) is 138 Å². The number of aryl methyl sites for hydroxylation is 1. The minimum absolute atomic E-state index is 0.567. The summed E-state index contributed by atoms with van der Waals surface area (Å²) in [4.78, 5) is 15.7. The van der Waals surface area contributed by atoms with Crippen LogP contribution in [-0.4, -0.2) is 15.0 Å². The summed E-state index contributed by atoms with van der Waals surface area (Å²) in [6.45, 7) is 1.95. The van der Waals surface area contributed by atoms with E-state index in [0.29, 0.717) is 17.5 Å². The molecule has 7 aromatic carbocycles. The second-order valence-electron chi connectivity index (χ2n) is 11.8. The number of rotatable bonds is 4. The molecule has 5 heteroatoms. The van der Waals surface area contributed by atoms with Crippen molar-refractivity contribution in [2.24, 2.45) is 5.73 Å². The molecule has 0 saturated heterocycles. The fourth-order valence-corrected chi connectivity index (χ4v) is 6.91. The van der Waals surface area contributed by atoms with Crippen molar-refractivity contribution >= 4 is 60.1 Å². The molecule has 0 spiro atoms. The van der Waals surface area contributed by atoms with E-state index in [-0.39, 0.29) is 0 Å². The summed E-state index contributed by atoms with van der Waals surface area (Å²) in [7, 11) is 0. The lowest BCUT2D eigenvalue weighted by Gasteiger charge is -2.15. The van der Waals surface area contributed by atoms with Crippen LogP contribution in [0.2, 0.25) is 0 Å². The van der Waals surface area contributed by atoms with E-state index in [4.69, 9.17) is 25.1 Å². The average Bonchev–Trinajstić information content (AvgIpc) is 3.45. The van der Waals surface area contributed by atoms with Crippen LogP contribution in [0.4, 0.5) is 0 Å². The summed E-state index contributed by atoms with van der Waals surface area (Å²) in [5, 5.41) is 10.1. The van der Waals surface area contributed by atoms with Gasteiger partial charge in [-0.25, -0.2) is 15.0 Å². The Balaban J connectivity index is 1.41. The van der Waals surface area contributed by atoms with Crippen molar-refractivity contribution < 1.29 is 4.42 Å². The molecular formula is C42H28N4O. The molecule has 9 rings (SSSR count). The van der Waals surface area contributed by atoms with Gasteiger partial charge in [0.1, 0.15) is 11.3 Å². The van der Waals surface area contributed by atoms with E-state index in [1.54, 1.807) is 6.20 Å². The summed E-state index contributed by atoms with van der Waals surface area (Å²) >= 11 is 0. The monoisotopic (exact) mass is 604 g/mol. The van der Waals surface area contributed by atoms with Gasteiger partial charge in [0, 0.05) is 33.0 Å². The lowest BCUT2D eigenvalue weighted by atomic mass is 9.92. The Hall–Kier alpha value is -6.33. The Morgan fingerprint density at radius 3 is 2.04 bits per heavy atom. The molecule has 0 aliphatic heterocycles. The number of hydrogen-bond acceptors (Lipinski definition) is 5. The lowest BCUT2D eigenvalue weighted by molar-refractivity contribution is 0.577. The van der Waals surface area contributed by atoms with Gasteiger partial charge in [0.05, 0.1) is 0 Å². The van der Waals surface area contributed by atoms with Gasteiger partial charge in [-0.2, -0.15) is 0 Å². The van der Waals surface area contributed by atoms with Gasteiger partial charge in [-0.3, -0.25) is 0 Å². The number of aromatic nitrogens is 3. The Morgan fingerprint density at radius 2 is 1.21 bits per heavy atom. The second-order valence-corrected chi connectivity index (χ2v) is 11.8. The topological polar surface area (TPSA) is 77.8 Å². The largest absolute Gasteiger partial charge is 0.461 e. The molecule has 0 radical (unpaired) electrons. The van der Waals surface area contributed by atoms with Crippen molar-refractivity contribution in [3.63, 3.8) is 0 Å². The van der Waals surface area contributed by atoms with Gasteiger partial charge in [0.15, 0.2) is 17.5 Å². The van der Waals surface area contributed by atoms with Crippen molar-refractivity contribution in [1.82, 2.24) is 15.0 Å². The number of furan rings is 1. The van der Waals surface area contributed by atoms with Crippen LogP contribution in [0.5, 0.6) is 0 Å². The minimum atomic E-state index is 0.567. The van der Waals surface area contributed by atoms with Gasteiger partial charge in [0.2, 0.25) is 0 Å². The normalized spacial score (nSPS) is 11.9. The maximum Gasteiger partial charge on any atom is 0.164 e. The van der Waals surface area contributed by atoms with E-state index in [1.807, 2.05) is 31.2 Å². The predicted octanol–water partition coefficient (Wildman–Crippen LogP) is 10.5. The zero-order chi connectivity index (χ0) is 31.5. The third kappa shape index (κ3) is 4.36. The minimum Gasteiger partial charge on any atom is -0.461 e. The van der Waals surface area contributed by atoms with E-state index in [9.17, 15) is 0 Å². The van der Waals surface area contributed by atoms with E-state index in [1.165, 1.54) is 5.39 Å². The Labute approximate surface area is 270 Å². The zero-order valence-corrected chi connectivity index (χ0v) is 25.6. The fourth-order valence-electron chi connectivity index (χ4n) is 6.91. The van der Waals surface area contributed by atoms with Crippen LogP contribution in [0.1, 0.15) is 11.3 Å². The van der Waals surface area contributed by atoms with Gasteiger partial charge in [-0.15, -0.1) is 0 Å². The first-order chi connectivity index (χ1) is 23.2. The van der Waals surface area contributed by atoms with Gasteiger partial charge in [-0.1, -0.05) is 109 Å². The first-order valence-corrected chi connectivity index (χ1v) is 15.7. The van der Waals surface area contributed by atoms with Crippen LogP contribution in [-0.2, 0) is 0 Å². The summed E-state index contributed by atoms with van der Waals surface area (Å²) < 4.78 is 6.17. The van der Waals surface area contributed by atoms with Crippen LogP contribution < -0.4 is 5.73 Å². The molecular weight excluding hydrogens is 576 g/mol. The fraction of sp³-hybridized carbons (Fsp3) is 0.0238. The van der Waals surface area contributed by atoms with Crippen molar-refractivity contribution in [3.05, 3.63) is 145 Å². The molecule has 0 fully saturated rings. The third-order valence-corrected chi connectivity index (χ3v) is 9.07. The van der Waals surface area contributed by atoms with E-state index in [2.05, 4.69) is 109 Å². The molecule has 0 saturated carbocycles. The molecule has 222 valence electrons. The highest BCUT2D eigenvalue weighted by Gasteiger charge is 2.21. The number of benzene rings is 7. The quantitative estimate of drug-likeness (QED) is 0.202. The smallest absolute Gasteiger partial charge is 0.164 e. The number of fused-ring (bicyclic) bond motifs is 7. The highest BCUT2D eigenvalue weighted by atomic mass is 16.3. The van der Waals surface area contributed by atoms with Crippen LogP contribution in [0.25, 0.3) is 94.3 Å². The van der Waals surface area contributed by atoms with Crippen molar-refractivity contribution in [3.8, 4) is 34.2 Å². The maximum absolute atomic E-state index is 6.17. The Kier molecular flexibility index (Phi) is 6.12. The van der Waals surface area contributed by atoms with Gasteiger partial charge < -0.3 is 10.2 Å². The van der Waals surface area contributed by atoms with Crippen molar-refractivity contribution in [2.45, 2.75) is 6.92 Å². The highest BCUT2D eigenvalue weighted by Crippen LogP contribution is 2.40. The zero-order valence-electron chi connectivity index (χ0n) is 25.6.